The quantitative estimate of drug-likeness (QED) is 0.0951. The zero-order valence-corrected chi connectivity index (χ0v) is 32.1. The minimum atomic E-state index is 0.0139. The van der Waals surface area contributed by atoms with E-state index in [4.69, 9.17) is 71.8 Å². The molecule has 2 rings (SSSR count). The molecule has 2 aromatic rings. The number of benzene rings is 2. The smallest absolute Gasteiger partial charge is 0.123 e. The van der Waals surface area contributed by atoms with Gasteiger partial charge in [0.05, 0.1) is 152 Å². The summed E-state index contributed by atoms with van der Waals surface area (Å²) < 4.78 is 71.9. The van der Waals surface area contributed by atoms with Crippen molar-refractivity contribution < 1.29 is 71.8 Å². The van der Waals surface area contributed by atoms with Crippen LogP contribution < -0.4 is 14.2 Å². The molecule has 0 aliphatic carbocycles. The molecule has 0 atom stereocenters. The van der Waals surface area contributed by atoms with E-state index in [0.717, 1.165) is 24.2 Å². The van der Waals surface area contributed by atoms with Crippen molar-refractivity contribution in [2.24, 2.45) is 0 Å². The molecule has 0 aliphatic rings. The van der Waals surface area contributed by atoms with Gasteiger partial charge in [-0.3, -0.25) is 0 Å². The maximum atomic E-state index is 8.65. The molecule has 0 amide bonds. The van der Waals surface area contributed by atoms with Gasteiger partial charge in [0.25, 0.3) is 0 Å². The zero-order valence-electron chi connectivity index (χ0n) is 32.1. The molecular formula is C39H64O15. The molecular weight excluding hydrogens is 708 g/mol. The summed E-state index contributed by atoms with van der Waals surface area (Å²) in [5.41, 5.74) is 2.28. The third-order valence-corrected chi connectivity index (χ3v) is 7.22. The number of rotatable bonds is 40. The van der Waals surface area contributed by atoms with Crippen LogP contribution in [0.3, 0.4) is 0 Å². The average molecular weight is 773 g/mol. The Labute approximate surface area is 320 Å². The molecule has 0 fully saturated rings. The SMILES string of the molecule is COc1cccc(CCc2cc(OCCOCCOCCOCCOCCOCCO)cc(OCCOCCOCCOCCOCCOCCO)c2)c1. The lowest BCUT2D eigenvalue weighted by atomic mass is 10.0. The molecule has 2 N–H and O–H groups in total. The van der Waals surface area contributed by atoms with Gasteiger partial charge in [0.2, 0.25) is 0 Å². The second kappa shape index (κ2) is 36.0. The van der Waals surface area contributed by atoms with Crippen molar-refractivity contribution in [2.75, 3.05) is 166 Å². The van der Waals surface area contributed by atoms with Crippen LogP contribution in [-0.4, -0.2) is 176 Å². The van der Waals surface area contributed by atoms with E-state index < -0.39 is 0 Å². The van der Waals surface area contributed by atoms with Crippen molar-refractivity contribution in [1.82, 2.24) is 0 Å². The first-order valence-electron chi connectivity index (χ1n) is 18.8. The van der Waals surface area contributed by atoms with Crippen LogP contribution in [0.25, 0.3) is 0 Å². The number of aliphatic hydroxyl groups excluding tert-OH is 2. The summed E-state index contributed by atoms with van der Waals surface area (Å²) in [6, 6.07) is 14.0. The van der Waals surface area contributed by atoms with E-state index in [1.54, 1.807) is 7.11 Å². The van der Waals surface area contributed by atoms with E-state index in [-0.39, 0.29) is 13.2 Å². The molecule has 15 nitrogen and oxygen atoms in total. The first kappa shape index (κ1) is 47.5. The van der Waals surface area contributed by atoms with Crippen molar-refractivity contribution >= 4 is 0 Å². The van der Waals surface area contributed by atoms with Gasteiger partial charge < -0.3 is 71.8 Å². The lowest BCUT2D eigenvalue weighted by Gasteiger charge is -2.13. The topological polar surface area (TPSA) is 160 Å². The van der Waals surface area contributed by atoms with Crippen molar-refractivity contribution in [3.8, 4) is 17.2 Å². The van der Waals surface area contributed by atoms with Crippen LogP contribution >= 0.6 is 0 Å². The van der Waals surface area contributed by atoms with E-state index in [9.17, 15) is 0 Å². The van der Waals surface area contributed by atoms with Gasteiger partial charge in [-0.25, -0.2) is 0 Å². The minimum absolute atomic E-state index is 0.0139. The predicted octanol–water partition coefficient (Wildman–Crippen LogP) is 2.39. The molecule has 0 bridgehead atoms. The Morgan fingerprint density at radius 2 is 0.667 bits per heavy atom. The molecule has 15 heteroatoms. The van der Waals surface area contributed by atoms with Crippen LogP contribution in [0, 0.1) is 0 Å². The first-order chi connectivity index (χ1) is 26.7. The highest BCUT2D eigenvalue weighted by Gasteiger charge is 2.06. The molecule has 0 aromatic heterocycles. The Kier molecular flexibility index (Phi) is 31.7. The normalized spacial score (nSPS) is 11.3. The molecule has 310 valence electrons. The molecule has 0 saturated heterocycles. The zero-order chi connectivity index (χ0) is 38.4. The van der Waals surface area contributed by atoms with Crippen LogP contribution in [0.15, 0.2) is 42.5 Å². The largest absolute Gasteiger partial charge is 0.497 e. The van der Waals surface area contributed by atoms with E-state index >= 15 is 0 Å². The Morgan fingerprint density at radius 3 is 1.02 bits per heavy atom. The monoisotopic (exact) mass is 772 g/mol. The van der Waals surface area contributed by atoms with Gasteiger partial charge in [-0.15, -0.1) is 0 Å². The lowest BCUT2D eigenvalue weighted by Crippen LogP contribution is -2.15. The molecule has 0 aliphatic heterocycles. The maximum Gasteiger partial charge on any atom is 0.123 e. The van der Waals surface area contributed by atoms with Gasteiger partial charge in [-0.2, -0.15) is 0 Å². The fourth-order valence-electron chi connectivity index (χ4n) is 4.59. The molecule has 0 unspecified atom stereocenters. The summed E-state index contributed by atoms with van der Waals surface area (Å²) in [6.07, 6.45) is 1.64. The summed E-state index contributed by atoms with van der Waals surface area (Å²) >= 11 is 0. The highest BCUT2D eigenvalue weighted by Crippen LogP contribution is 2.25. The molecule has 54 heavy (non-hydrogen) atoms. The third-order valence-electron chi connectivity index (χ3n) is 7.22. The molecule has 0 spiro atoms. The number of ether oxygens (including phenoxy) is 13. The Morgan fingerprint density at radius 1 is 0.352 bits per heavy atom. The van der Waals surface area contributed by atoms with Gasteiger partial charge in [0, 0.05) is 6.07 Å². The van der Waals surface area contributed by atoms with Gasteiger partial charge in [0.1, 0.15) is 30.5 Å². The number of hydrogen-bond acceptors (Lipinski definition) is 15. The molecule has 0 heterocycles. The van der Waals surface area contributed by atoms with Gasteiger partial charge >= 0.3 is 0 Å². The fourth-order valence-corrected chi connectivity index (χ4v) is 4.59. The fraction of sp³-hybridized carbons (Fsp3) is 0.692. The average Bonchev–Trinajstić information content (AvgIpc) is 3.19. The van der Waals surface area contributed by atoms with Crippen molar-refractivity contribution in [3.63, 3.8) is 0 Å². The number of hydrogen-bond donors (Lipinski definition) is 2. The lowest BCUT2D eigenvalue weighted by molar-refractivity contribution is -0.0147. The predicted molar refractivity (Wildman–Crippen MR) is 200 cm³/mol. The highest BCUT2D eigenvalue weighted by molar-refractivity contribution is 5.39. The highest BCUT2D eigenvalue weighted by atomic mass is 16.6. The number of aliphatic hydroxyl groups is 2. The van der Waals surface area contributed by atoms with Crippen LogP contribution in [-0.2, 0) is 60.2 Å². The standard InChI is InChI=1S/C39H64O15/c1-42-37-4-2-3-35(31-37)5-6-36-32-38(53-29-27-51-25-23-49-21-19-47-17-15-45-13-11-43-9-7-40)34-39(33-36)54-30-28-52-26-24-50-22-20-48-18-16-46-14-12-44-10-8-41/h2-4,31-34,40-41H,5-30H2,1H3. The van der Waals surface area contributed by atoms with Crippen LogP contribution in [0.1, 0.15) is 11.1 Å². The Hall–Kier alpha value is -2.64. The number of aryl methyl sites for hydroxylation is 2. The summed E-state index contributed by atoms with van der Waals surface area (Å²) in [7, 11) is 1.67. The summed E-state index contributed by atoms with van der Waals surface area (Å²) in [5.74, 6) is 2.26. The summed E-state index contributed by atoms with van der Waals surface area (Å²) in [6.45, 7) is 9.81. The first-order valence-corrected chi connectivity index (χ1v) is 18.8. The van der Waals surface area contributed by atoms with E-state index in [1.165, 1.54) is 5.56 Å². The van der Waals surface area contributed by atoms with E-state index in [2.05, 4.69) is 6.07 Å². The molecule has 2 aromatic carbocycles. The van der Waals surface area contributed by atoms with Gasteiger partial charge in [0.15, 0.2) is 0 Å². The van der Waals surface area contributed by atoms with Crippen LogP contribution in [0.5, 0.6) is 17.2 Å². The Balaban J connectivity index is 1.59. The van der Waals surface area contributed by atoms with Crippen molar-refractivity contribution in [2.45, 2.75) is 12.8 Å². The second-order valence-corrected chi connectivity index (χ2v) is 11.4. The summed E-state index contributed by atoms with van der Waals surface area (Å²) in [5, 5.41) is 17.3. The number of methoxy groups -OCH3 is 1. The van der Waals surface area contributed by atoms with Crippen LogP contribution in [0.2, 0.25) is 0 Å². The van der Waals surface area contributed by atoms with Gasteiger partial charge in [-0.1, -0.05) is 12.1 Å². The maximum absolute atomic E-state index is 8.65. The minimum Gasteiger partial charge on any atom is -0.497 e. The third kappa shape index (κ3) is 27.9. The van der Waals surface area contributed by atoms with Gasteiger partial charge in [-0.05, 0) is 48.2 Å². The van der Waals surface area contributed by atoms with E-state index in [0.29, 0.717) is 157 Å². The van der Waals surface area contributed by atoms with Crippen molar-refractivity contribution in [3.05, 3.63) is 53.6 Å². The van der Waals surface area contributed by atoms with E-state index in [1.807, 2.05) is 36.4 Å². The van der Waals surface area contributed by atoms with Crippen molar-refractivity contribution in [1.29, 1.82) is 0 Å². The Bertz CT molecular complexity index is 1050. The second-order valence-electron chi connectivity index (χ2n) is 11.4. The molecule has 0 saturated carbocycles. The molecule has 0 radical (unpaired) electrons. The summed E-state index contributed by atoms with van der Waals surface area (Å²) in [4.78, 5) is 0. The van der Waals surface area contributed by atoms with Crippen LogP contribution in [0.4, 0.5) is 0 Å².